The summed E-state index contributed by atoms with van der Waals surface area (Å²) in [5.74, 6) is -0.143. The molecule has 26 heavy (non-hydrogen) atoms. The molecule has 9 nitrogen and oxygen atoms in total. The van der Waals surface area contributed by atoms with Crippen LogP contribution in [0.1, 0.15) is 36.2 Å². The molecule has 0 spiro atoms. The van der Waals surface area contributed by atoms with Crippen molar-refractivity contribution in [2.24, 2.45) is 0 Å². The normalized spacial score (nSPS) is 25.7. The largest absolute Gasteiger partial charge is 0.394 e. The highest BCUT2D eigenvalue weighted by Crippen LogP contribution is 2.38. The summed E-state index contributed by atoms with van der Waals surface area (Å²) in [6, 6.07) is 1.41. The molecule has 2 aliphatic heterocycles. The standard InChI is InChI=1S/C17H26N4O5/c22-8-10-25-9-6-18-16(24)17-4-1-2-7-21(17)12-13(11-17)20-15(23)14-3-5-19-26-14/h3,5,13,22H,1-2,4,6-12H2,(H,18,24)(H,20,23)/t13-,17-/m0/s1. The highest BCUT2D eigenvalue weighted by Gasteiger charge is 2.52. The van der Waals surface area contributed by atoms with Crippen molar-refractivity contribution in [1.29, 1.82) is 0 Å². The first-order valence-electron chi connectivity index (χ1n) is 9.09. The van der Waals surface area contributed by atoms with E-state index in [4.69, 9.17) is 14.4 Å². The lowest BCUT2D eigenvalue weighted by atomic mass is 9.84. The van der Waals surface area contributed by atoms with E-state index in [-0.39, 0.29) is 36.8 Å². The predicted octanol–water partition coefficient (Wildman–Crippen LogP) is -0.473. The Morgan fingerprint density at radius 2 is 2.31 bits per heavy atom. The second-order valence-corrected chi connectivity index (χ2v) is 6.78. The van der Waals surface area contributed by atoms with Crippen LogP contribution in [0.3, 0.4) is 0 Å². The van der Waals surface area contributed by atoms with E-state index in [1.807, 2.05) is 0 Å². The van der Waals surface area contributed by atoms with Crippen LogP contribution in [-0.2, 0) is 9.53 Å². The van der Waals surface area contributed by atoms with Crippen LogP contribution in [0.25, 0.3) is 0 Å². The Morgan fingerprint density at radius 3 is 3.08 bits per heavy atom. The molecule has 0 saturated carbocycles. The molecule has 0 radical (unpaired) electrons. The SMILES string of the molecule is O=C(N[C@@H]1CN2CCCC[C@@]2(C(=O)NCCOCCO)C1)c1ccno1. The first kappa shape index (κ1) is 18.8. The molecule has 3 N–H and O–H groups in total. The summed E-state index contributed by atoms with van der Waals surface area (Å²) >= 11 is 0. The van der Waals surface area contributed by atoms with E-state index in [9.17, 15) is 9.59 Å². The third kappa shape index (κ3) is 4.05. The number of rotatable bonds is 8. The molecule has 0 bridgehead atoms. The Morgan fingerprint density at radius 1 is 1.42 bits per heavy atom. The first-order chi connectivity index (χ1) is 12.7. The average Bonchev–Trinajstić information content (AvgIpc) is 3.29. The van der Waals surface area contributed by atoms with Crippen molar-refractivity contribution in [3.63, 3.8) is 0 Å². The molecule has 0 aliphatic carbocycles. The van der Waals surface area contributed by atoms with E-state index >= 15 is 0 Å². The zero-order chi connectivity index (χ0) is 18.4. The molecule has 3 heterocycles. The molecule has 0 aromatic carbocycles. The molecule has 2 atom stereocenters. The summed E-state index contributed by atoms with van der Waals surface area (Å²) in [5, 5.41) is 18.2. The van der Waals surface area contributed by atoms with Gasteiger partial charge < -0.3 is 25.0 Å². The monoisotopic (exact) mass is 366 g/mol. The predicted molar refractivity (Wildman–Crippen MR) is 91.4 cm³/mol. The average molecular weight is 366 g/mol. The summed E-state index contributed by atoms with van der Waals surface area (Å²) < 4.78 is 10.1. The lowest BCUT2D eigenvalue weighted by molar-refractivity contribution is -0.134. The molecule has 144 valence electrons. The minimum Gasteiger partial charge on any atom is -0.394 e. The Hall–Kier alpha value is -1.97. The van der Waals surface area contributed by atoms with Gasteiger partial charge >= 0.3 is 0 Å². The van der Waals surface area contributed by atoms with Crippen molar-refractivity contribution in [2.75, 3.05) is 39.5 Å². The van der Waals surface area contributed by atoms with Gasteiger partial charge in [-0.3, -0.25) is 14.5 Å². The van der Waals surface area contributed by atoms with Gasteiger partial charge in [-0.1, -0.05) is 5.16 Å². The van der Waals surface area contributed by atoms with Crippen LogP contribution in [0, 0.1) is 0 Å². The fourth-order valence-electron chi connectivity index (χ4n) is 3.93. The quantitative estimate of drug-likeness (QED) is 0.532. The Balaban J connectivity index is 1.58. The molecule has 9 heteroatoms. The zero-order valence-electron chi connectivity index (χ0n) is 14.8. The Bertz CT molecular complexity index is 608. The number of hydrogen-bond acceptors (Lipinski definition) is 7. The van der Waals surface area contributed by atoms with Gasteiger partial charge in [0.05, 0.1) is 26.0 Å². The minimum atomic E-state index is -0.575. The second kappa shape index (κ2) is 8.61. The van der Waals surface area contributed by atoms with E-state index in [0.29, 0.717) is 26.1 Å². The fourth-order valence-corrected chi connectivity index (χ4v) is 3.93. The number of carbonyl (C=O) groups excluding carboxylic acids is 2. The van der Waals surface area contributed by atoms with Gasteiger partial charge in [0.15, 0.2) is 0 Å². The molecule has 2 fully saturated rings. The van der Waals surface area contributed by atoms with Crippen molar-refractivity contribution in [2.45, 2.75) is 37.3 Å². The zero-order valence-corrected chi connectivity index (χ0v) is 14.8. The number of carbonyl (C=O) groups is 2. The number of hydrogen-bond donors (Lipinski definition) is 3. The van der Waals surface area contributed by atoms with Gasteiger partial charge in [-0.2, -0.15) is 0 Å². The van der Waals surface area contributed by atoms with Crippen LogP contribution in [0.4, 0.5) is 0 Å². The Kier molecular flexibility index (Phi) is 6.23. The lowest BCUT2D eigenvalue weighted by Gasteiger charge is -2.40. The van der Waals surface area contributed by atoms with Crippen LogP contribution in [0.2, 0.25) is 0 Å². The van der Waals surface area contributed by atoms with Gasteiger partial charge in [0.2, 0.25) is 11.7 Å². The van der Waals surface area contributed by atoms with Crippen LogP contribution in [0.5, 0.6) is 0 Å². The van der Waals surface area contributed by atoms with Gasteiger partial charge in [0.25, 0.3) is 5.91 Å². The molecule has 0 unspecified atom stereocenters. The van der Waals surface area contributed by atoms with Gasteiger partial charge in [0.1, 0.15) is 5.54 Å². The van der Waals surface area contributed by atoms with Crippen molar-refractivity contribution >= 4 is 11.8 Å². The maximum atomic E-state index is 12.9. The van der Waals surface area contributed by atoms with Crippen LogP contribution in [-0.4, -0.2) is 78.0 Å². The number of nitrogens with one attached hydrogen (secondary N) is 2. The van der Waals surface area contributed by atoms with Crippen molar-refractivity contribution in [3.05, 3.63) is 18.0 Å². The third-order valence-electron chi connectivity index (χ3n) is 5.09. The van der Waals surface area contributed by atoms with Crippen molar-refractivity contribution in [1.82, 2.24) is 20.7 Å². The number of amides is 2. The minimum absolute atomic E-state index is 0.0128. The summed E-state index contributed by atoms with van der Waals surface area (Å²) in [7, 11) is 0. The lowest BCUT2D eigenvalue weighted by Crippen LogP contribution is -2.57. The summed E-state index contributed by atoms with van der Waals surface area (Å²) in [4.78, 5) is 27.3. The highest BCUT2D eigenvalue weighted by molar-refractivity contribution is 5.92. The van der Waals surface area contributed by atoms with Gasteiger partial charge in [0, 0.05) is 25.2 Å². The number of fused-ring (bicyclic) bond motifs is 1. The molecule has 3 rings (SSSR count). The molecule has 2 amide bonds. The molecule has 2 aliphatic rings. The van der Waals surface area contributed by atoms with Crippen LogP contribution in [0.15, 0.2) is 16.8 Å². The van der Waals surface area contributed by atoms with E-state index in [0.717, 1.165) is 25.8 Å². The number of piperidine rings is 1. The molecule has 1 aromatic heterocycles. The molecule has 2 saturated heterocycles. The smallest absolute Gasteiger partial charge is 0.290 e. The van der Waals surface area contributed by atoms with Crippen molar-refractivity contribution < 1.29 is 24.0 Å². The van der Waals surface area contributed by atoms with E-state index in [1.165, 1.54) is 12.3 Å². The number of nitrogens with zero attached hydrogens (tertiary/aromatic N) is 2. The van der Waals surface area contributed by atoms with Gasteiger partial charge in [-0.25, -0.2) is 0 Å². The van der Waals surface area contributed by atoms with Crippen molar-refractivity contribution in [3.8, 4) is 0 Å². The maximum absolute atomic E-state index is 12.9. The number of aliphatic hydroxyl groups excluding tert-OH is 1. The second-order valence-electron chi connectivity index (χ2n) is 6.78. The summed E-state index contributed by atoms with van der Waals surface area (Å²) in [6.45, 7) is 2.51. The number of aliphatic hydroxyl groups is 1. The Labute approximate surface area is 152 Å². The third-order valence-corrected chi connectivity index (χ3v) is 5.09. The topological polar surface area (TPSA) is 117 Å². The van der Waals surface area contributed by atoms with E-state index in [2.05, 4.69) is 20.7 Å². The number of ether oxygens (including phenoxy) is 1. The molecular weight excluding hydrogens is 340 g/mol. The molecular formula is C17H26N4O5. The maximum Gasteiger partial charge on any atom is 0.290 e. The van der Waals surface area contributed by atoms with Gasteiger partial charge in [-0.05, 0) is 32.2 Å². The number of aromatic nitrogens is 1. The van der Waals surface area contributed by atoms with E-state index in [1.54, 1.807) is 0 Å². The fraction of sp³-hybridized carbons (Fsp3) is 0.706. The highest BCUT2D eigenvalue weighted by atomic mass is 16.5. The first-order valence-corrected chi connectivity index (χ1v) is 9.09. The summed E-state index contributed by atoms with van der Waals surface area (Å²) in [5.41, 5.74) is -0.575. The van der Waals surface area contributed by atoms with Gasteiger partial charge in [-0.15, -0.1) is 0 Å². The van der Waals surface area contributed by atoms with E-state index < -0.39 is 5.54 Å². The summed E-state index contributed by atoms with van der Waals surface area (Å²) in [6.07, 6.45) is 4.84. The molecule has 1 aromatic rings. The van der Waals surface area contributed by atoms with Crippen LogP contribution < -0.4 is 10.6 Å². The van der Waals surface area contributed by atoms with Crippen LogP contribution >= 0.6 is 0 Å².